The third-order valence-corrected chi connectivity index (χ3v) is 3.24. The molecular weight excluding hydrogens is 251 g/mol. The van der Waals surface area contributed by atoms with Gasteiger partial charge < -0.3 is 14.3 Å². The highest BCUT2D eigenvalue weighted by molar-refractivity contribution is 7.71. The Kier molecular flexibility index (Phi) is 3.52. The van der Waals surface area contributed by atoms with E-state index in [9.17, 15) is 4.39 Å². The second-order valence-electron chi connectivity index (χ2n) is 4.18. The fourth-order valence-electron chi connectivity index (χ4n) is 2.07. The Bertz CT molecular complexity index is 644. The monoisotopic (exact) mass is 266 g/mol. The predicted octanol–water partition coefficient (Wildman–Crippen LogP) is 3.98. The van der Waals surface area contributed by atoms with Crippen molar-refractivity contribution < 1.29 is 9.13 Å². The van der Waals surface area contributed by atoms with Crippen LogP contribution in [0.15, 0.2) is 24.8 Å². The van der Waals surface area contributed by atoms with Crippen LogP contribution < -0.4 is 4.74 Å². The molecule has 1 unspecified atom stereocenters. The molecule has 0 aliphatic heterocycles. The number of imidazole rings is 1. The standard InChI is InChI=1S/C13H15FN2OS/c1-4-5-8(2)16-11-7-12(17-3)9(14)6-10(11)15-13(16)18/h4,6-8H,1,5H2,2-3H3,(H,15,18). The van der Waals surface area contributed by atoms with Crippen LogP contribution in [-0.2, 0) is 0 Å². The second kappa shape index (κ2) is 4.94. The topological polar surface area (TPSA) is 29.9 Å². The fraction of sp³-hybridized carbons (Fsp3) is 0.308. The molecule has 0 aliphatic carbocycles. The molecule has 1 atom stereocenters. The van der Waals surface area contributed by atoms with E-state index >= 15 is 0 Å². The number of methoxy groups -OCH3 is 1. The van der Waals surface area contributed by atoms with E-state index in [2.05, 4.69) is 11.6 Å². The van der Waals surface area contributed by atoms with Gasteiger partial charge in [0.15, 0.2) is 16.3 Å². The number of nitrogens with zero attached hydrogens (tertiary/aromatic N) is 1. The summed E-state index contributed by atoms with van der Waals surface area (Å²) < 4.78 is 21.1. The Balaban J connectivity index is 2.69. The molecule has 3 nitrogen and oxygen atoms in total. The van der Waals surface area contributed by atoms with Crippen LogP contribution in [0, 0.1) is 10.6 Å². The first-order valence-electron chi connectivity index (χ1n) is 5.67. The molecule has 5 heteroatoms. The van der Waals surface area contributed by atoms with Gasteiger partial charge in [0.1, 0.15) is 0 Å². The van der Waals surface area contributed by atoms with E-state index in [-0.39, 0.29) is 11.8 Å². The summed E-state index contributed by atoms with van der Waals surface area (Å²) in [7, 11) is 1.45. The maximum absolute atomic E-state index is 13.6. The summed E-state index contributed by atoms with van der Waals surface area (Å²) in [6.07, 6.45) is 2.63. The first-order chi connectivity index (χ1) is 8.58. The van der Waals surface area contributed by atoms with E-state index < -0.39 is 5.82 Å². The molecular formula is C13H15FN2OS. The average molecular weight is 266 g/mol. The van der Waals surface area contributed by atoms with Crippen molar-refractivity contribution in [3.05, 3.63) is 35.4 Å². The molecule has 1 N–H and O–H groups in total. The lowest BCUT2D eigenvalue weighted by Crippen LogP contribution is -2.04. The van der Waals surface area contributed by atoms with Gasteiger partial charge in [-0.3, -0.25) is 0 Å². The quantitative estimate of drug-likeness (QED) is 0.670. The van der Waals surface area contributed by atoms with Crippen molar-refractivity contribution in [3.63, 3.8) is 0 Å². The lowest BCUT2D eigenvalue weighted by molar-refractivity contribution is 0.387. The minimum atomic E-state index is -0.398. The highest BCUT2D eigenvalue weighted by Gasteiger charge is 2.13. The van der Waals surface area contributed by atoms with E-state index in [4.69, 9.17) is 17.0 Å². The largest absolute Gasteiger partial charge is 0.494 e. The predicted molar refractivity (Wildman–Crippen MR) is 73.2 cm³/mol. The van der Waals surface area contributed by atoms with Crippen molar-refractivity contribution >= 4 is 23.3 Å². The summed E-state index contributed by atoms with van der Waals surface area (Å²) in [5, 5.41) is 0. The smallest absolute Gasteiger partial charge is 0.178 e. The number of aromatic amines is 1. The van der Waals surface area contributed by atoms with Gasteiger partial charge in [-0.1, -0.05) is 6.08 Å². The van der Waals surface area contributed by atoms with Gasteiger partial charge in [-0.05, 0) is 25.6 Å². The summed E-state index contributed by atoms with van der Waals surface area (Å²) in [5.74, 6) is -0.180. The molecule has 0 saturated heterocycles. The number of fused-ring (bicyclic) bond motifs is 1. The molecule has 2 rings (SSSR count). The summed E-state index contributed by atoms with van der Waals surface area (Å²) >= 11 is 5.28. The Hall–Kier alpha value is -1.62. The van der Waals surface area contributed by atoms with Gasteiger partial charge in [0.05, 0.1) is 18.1 Å². The molecule has 2 aromatic rings. The number of halogens is 1. The highest BCUT2D eigenvalue weighted by Crippen LogP contribution is 2.27. The number of benzene rings is 1. The maximum atomic E-state index is 13.6. The normalized spacial score (nSPS) is 12.6. The third-order valence-electron chi connectivity index (χ3n) is 2.94. The van der Waals surface area contributed by atoms with Crippen LogP contribution in [0.5, 0.6) is 5.75 Å². The molecule has 1 heterocycles. The summed E-state index contributed by atoms with van der Waals surface area (Å²) in [5.41, 5.74) is 1.52. The molecule has 0 radical (unpaired) electrons. The maximum Gasteiger partial charge on any atom is 0.178 e. The number of H-pyrrole nitrogens is 1. The van der Waals surface area contributed by atoms with Gasteiger partial charge in [0.25, 0.3) is 0 Å². The molecule has 0 aliphatic rings. The lowest BCUT2D eigenvalue weighted by atomic mass is 10.2. The Morgan fingerprint density at radius 1 is 1.61 bits per heavy atom. The molecule has 0 spiro atoms. The Labute approximate surface area is 110 Å². The average Bonchev–Trinajstić information content (AvgIpc) is 2.63. The SMILES string of the molecule is C=CCC(C)n1c(=S)[nH]c2cc(F)c(OC)cc21. The van der Waals surface area contributed by atoms with Gasteiger partial charge >= 0.3 is 0 Å². The van der Waals surface area contributed by atoms with Crippen LogP contribution >= 0.6 is 12.2 Å². The second-order valence-corrected chi connectivity index (χ2v) is 4.56. The molecule has 0 saturated carbocycles. The van der Waals surface area contributed by atoms with Crippen molar-refractivity contribution in [2.75, 3.05) is 7.11 Å². The lowest BCUT2D eigenvalue weighted by Gasteiger charge is -2.12. The van der Waals surface area contributed by atoms with Gasteiger partial charge in [-0.2, -0.15) is 0 Å². The van der Waals surface area contributed by atoms with Gasteiger partial charge in [0.2, 0.25) is 0 Å². The van der Waals surface area contributed by atoms with Crippen LogP contribution in [0.25, 0.3) is 11.0 Å². The number of ether oxygens (including phenoxy) is 1. The van der Waals surface area contributed by atoms with Gasteiger partial charge in [-0.25, -0.2) is 4.39 Å². The van der Waals surface area contributed by atoms with E-state index in [1.165, 1.54) is 13.2 Å². The summed E-state index contributed by atoms with van der Waals surface area (Å²) in [6, 6.07) is 3.23. The third kappa shape index (κ3) is 2.06. The number of rotatable bonds is 4. The summed E-state index contributed by atoms with van der Waals surface area (Å²) in [6.45, 7) is 5.77. The van der Waals surface area contributed by atoms with Crippen LogP contribution in [0.4, 0.5) is 4.39 Å². The van der Waals surface area contributed by atoms with E-state index in [1.54, 1.807) is 6.07 Å². The van der Waals surface area contributed by atoms with Crippen molar-refractivity contribution in [1.82, 2.24) is 9.55 Å². The number of nitrogens with one attached hydrogen (secondary N) is 1. The van der Waals surface area contributed by atoms with Crippen LogP contribution in [0.3, 0.4) is 0 Å². The fourth-order valence-corrected chi connectivity index (χ4v) is 2.46. The molecule has 18 heavy (non-hydrogen) atoms. The van der Waals surface area contributed by atoms with Crippen LogP contribution in [-0.4, -0.2) is 16.7 Å². The molecule has 0 amide bonds. The number of aromatic nitrogens is 2. The van der Waals surface area contributed by atoms with Crippen molar-refractivity contribution in [2.45, 2.75) is 19.4 Å². The van der Waals surface area contributed by atoms with E-state index in [0.717, 1.165) is 11.9 Å². The number of hydrogen-bond donors (Lipinski definition) is 1. The highest BCUT2D eigenvalue weighted by atomic mass is 32.1. The zero-order chi connectivity index (χ0) is 13.3. The molecule has 96 valence electrons. The van der Waals surface area contributed by atoms with E-state index in [0.29, 0.717) is 10.3 Å². The minimum absolute atomic E-state index is 0.166. The number of hydrogen-bond acceptors (Lipinski definition) is 2. The molecule has 1 aromatic carbocycles. The van der Waals surface area contributed by atoms with Crippen molar-refractivity contribution in [1.29, 1.82) is 0 Å². The van der Waals surface area contributed by atoms with Crippen LogP contribution in [0.1, 0.15) is 19.4 Å². The Morgan fingerprint density at radius 2 is 2.33 bits per heavy atom. The number of allylic oxidation sites excluding steroid dienone is 1. The molecule has 1 aromatic heterocycles. The van der Waals surface area contributed by atoms with Crippen molar-refractivity contribution in [3.8, 4) is 5.75 Å². The zero-order valence-corrected chi connectivity index (χ0v) is 11.2. The van der Waals surface area contributed by atoms with Crippen LogP contribution in [0.2, 0.25) is 0 Å². The Morgan fingerprint density at radius 3 is 2.94 bits per heavy atom. The zero-order valence-electron chi connectivity index (χ0n) is 10.4. The minimum Gasteiger partial charge on any atom is -0.494 e. The first kappa shape index (κ1) is 12.8. The van der Waals surface area contributed by atoms with Gasteiger partial charge in [0, 0.05) is 18.2 Å². The van der Waals surface area contributed by atoms with Crippen molar-refractivity contribution in [2.24, 2.45) is 0 Å². The first-order valence-corrected chi connectivity index (χ1v) is 6.08. The summed E-state index contributed by atoms with van der Waals surface area (Å²) in [4.78, 5) is 3.01. The van der Waals surface area contributed by atoms with E-state index in [1.807, 2.05) is 17.6 Å². The van der Waals surface area contributed by atoms with Gasteiger partial charge in [-0.15, -0.1) is 6.58 Å². The molecule has 0 bridgehead atoms. The molecule has 0 fully saturated rings.